The Morgan fingerprint density at radius 2 is 1.56 bits per heavy atom. The first-order chi connectivity index (χ1) is 17.5. The molecule has 36 heavy (non-hydrogen) atoms. The van der Waals surface area contributed by atoms with Crippen LogP contribution in [0.1, 0.15) is 34.6 Å². The van der Waals surface area contributed by atoms with Gasteiger partial charge in [0.25, 0.3) is 11.8 Å². The van der Waals surface area contributed by atoms with Gasteiger partial charge in [0.2, 0.25) is 0 Å². The van der Waals surface area contributed by atoms with Gasteiger partial charge in [0, 0.05) is 35.3 Å². The lowest BCUT2D eigenvalue weighted by Gasteiger charge is -2.18. The number of carbonyl (C=O) groups is 2. The average Bonchev–Trinajstić information content (AvgIpc) is 2.92. The summed E-state index contributed by atoms with van der Waals surface area (Å²) < 4.78 is 10.8. The van der Waals surface area contributed by atoms with E-state index in [-0.39, 0.29) is 11.8 Å². The molecule has 0 spiro atoms. The summed E-state index contributed by atoms with van der Waals surface area (Å²) in [6, 6.07) is 21.8. The van der Waals surface area contributed by atoms with Crippen LogP contribution in [0.2, 0.25) is 0 Å². The van der Waals surface area contributed by atoms with Crippen LogP contribution in [0.3, 0.4) is 0 Å². The molecule has 0 aliphatic heterocycles. The van der Waals surface area contributed by atoms with Crippen molar-refractivity contribution in [2.24, 2.45) is 0 Å². The van der Waals surface area contributed by atoms with E-state index in [1.807, 2.05) is 56.3 Å². The van der Waals surface area contributed by atoms with Crippen LogP contribution in [0.15, 0.2) is 72.8 Å². The van der Waals surface area contributed by atoms with Gasteiger partial charge in [-0.05, 0) is 68.4 Å². The number of anilines is 1. The standard InChI is InChI=1S/C29H29N3O4/c1-5-32(6-2)29(34)19-11-14-21(15-12-19)30-28(33)23-18-25(31-24-10-8-7-9-22(23)24)20-13-16-26(35-3)27(17-20)36-4/h7-18H,5-6H2,1-4H3,(H,30,33). The molecule has 3 aromatic carbocycles. The highest BCUT2D eigenvalue weighted by atomic mass is 16.5. The molecular formula is C29H29N3O4. The van der Waals surface area contributed by atoms with Gasteiger partial charge in [-0.15, -0.1) is 0 Å². The van der Waals surface area contributed by atoms with Crippen molar-refractivity contribution in [2.75, 3.05) is 32.6 Å². The molecule has 0 atom stereocenters. The van der Waals surface area contributed by atoms with E-state index < -0.39 is 0 Å². The second-order valence-corrected chi connectivity index (χ2v) is 8.15. The Balaban J connectivity index is 1.67. The van der Waals surface area contributed by atoms with Crippen LogP contribution in [0, 0.1) is 0 Å². The van der Waals surface area contributed by atoms with Crippen molar-refractivity contribution < 1.29 is 19.1 Å². The lowest BCUT2D eigenvalue weighted by atomic mass is 10.0. The van der Waals surface area contributed by atoms with E-state index in [1.165, 1.54) is 0 Å². The normalized spacial score (nSPS) is 10.7. The minimum absolute atomic E-state index is 0.0300. The summed E-state index contributed by atoms with van der Waals surface area (Å²) in [5, 5.41) is 3.70. The zero-order valence-corrected chi connectivity index (χ0v) is 20.9. The van der Waals surface area contributed by atoms with E-state index in [0.717, 1.165) is 10.9 Å². The van der Waals surface area contributed by atoms with Gasteiger partial charge in [0.1, 0.15) is 0 Å². The predicted molar refractivity (Wildman–Crippen MR) is 142 cm³/mol. The molecule has 0 aliphatic rings. The van der Waals surface area contributed by atoms with E-state index in [2.05, 4.69) is 5.32 Å². The number of fused-ring (bicyclic) bond motifs is 1. The van der Waals surface area contributed by atoms with E-state index in [4.69, 9.17) is 14.5 Å². The monoisotopic (exact) mass is 483 g/mol. The lowest BCUT2D eigenvalue weighted by molar-refractivity contribution is 0.0773. The highest BCUT2D eigenvalue weighted by Gasteiger charge is 2.17. The van der Waals surface area contributed by atoms with Crippen molar-refractivity contribution in [3.05, 3.63) is 83.9 Å². The maximum Gasteiger partial charge on any atom is 0.256 e. The second-order valence-electron chi connectivity index (χ2n) is 8.15. The summed E-state index contributed by atoms with van der Waals surface area (Å²) in [4.78, 5) is 32.5. The number of hydrogen-bond acceptors (Lipinski definition) is 5. The Hall–Kier alpha value is -4.39. The van der Waals surface area contributed by atoms with Gasteiger partial charge in [0.05, 0.1) is 31.0 Å². The van der Waals surface area contributed by atoms with Crippen molar-refractivity contribution in [2.45, 2.75) is 13.8 Å². The Morgan fingerprint density at radius 1 is 0.861 bits per heavy atom. The van der Waals surface area contributed by atoms with Gasteiger partial charge in [-0.25, -0.2) is 4.98 Å². The molecule has 0 aliphatic carbocycles. The highest BCUT2D eigenvalue weighted by molar-refractivity contribution is 6.13. The third-order valence-electron chi connectivity index (χ3n) is 6.08. The van der Waals surface area contributed by atoms with Crippen LogP contribution in [0.5, 0.6) is 11.5 Å². The maximum atomic E-state index is 13.4. The lowest BCUT2D eigenvalue weighted by Crippen LogP contribution is -2.30. The minimum Gasteiger partial charge on any atom is -0.493 e. The number of amides is 2. The number of nitrogens with one attached hydrogen (secondary N) is 1. The predicted octanol–water partition coefficient (Wildman–Crippen LogP) is 5.65. The number of nitrogens with zero attached hydrogens (tertiary/aromatic N) is 2. The topological polar surface area (TPSA) is 80.8 Å². The number of hydrogen-bond donors (Lipinski definition) is 1. The first-order valence-electron chi connectivity index (χ1n) is 11.8. The number of aromatic nitrogens is 1. The number of methoxy groups -OCH3 is 2. The molecule has 4 aromatic rings. The van der Waals surface area contributed by atoms with Crippen molar-refractivity contribution in [1.29, 1.82) is 0 Å². The van der Waals surface area contributed by atoms with Crippen molar-refractivity contribution in [1.82, 2.24) is 9.88 Å². The molecule has 7 heteroatoms. The molecule has 0 radical (unpaired) electrons. The van der Waals surface area contributed by atoms with Gasteiger partial charge >= 0.3 is 0 Å². The van der Waals surface area contributed by atoms with Crippen molar-refractivity contribution in [3.8, 4) is 22.8 Å². The molecule has 0 bridgehead atoms. The Morgan fingerprint density at radius 3 is 2.22 bits per heavy atom. The molecule has 0 saturated heterocycles. The quantitative estimate of drug-likeness (QED) is 0.350. The summed E-state index contributed by atoms with van der Waals surface area (Å²) in [5.74, 6) is 0.897. The fraction of sp³-hybridized carbons (Fsp3) is 0.207. The molecule has 1 heterocycles. The third kappa shape index (κ3) is 5.00. The molecule has 4 rings (SSSR count). The van der Waals surface area contributed by atoms with Crippen LogP contribution in [-0.2, 0) is 0 Å². The Labute approximate surface area is 210 Å². The van der Waals surface area contributed by atoms with Crippen LogP contribution in [0.25, 0.3) is 22.2 Å². The van der Waals surface area contributed by atoms with E-state index >= 15 is 0 Å². The van der Waals surface area contributed by atoms with Gasteiger partial charge < -0.3 is 19.7 Å². The number of para-hydroxylation sites is 1. The molecule has 0 unspecified atom stereocenters. The van der Waals surface area contributed by atoms with E-state index in [0.29, 0.717) is 52.6 Å². The summed E-state index contributed by atoms with van der Waals surface area (Å²) >= 11 is 0. The van der Waals surface area contributed by atoms with E-state index in [9.17, 15) is 9.59 Å². The van der Waals surface area contributed by atoms with Crippen molar-refractivity contribution in [3.63, 3.8) is 0 Å². The summed E-state index contributed by atoms with van der Waals surface area (Å²) in [6.45, 7) is 5.19. The second kappa shape index (κ2) is 10.9. The number of benzene rings is 3. The fourth-order valence-corrected chi connectivity index (χ4v) is 4.09. The molecule has 1 aromatic heterocycles. The third-order valence-corrected chi connectivity index (χ3v) is 6.08. The van der Waals surface area contributed by atoms with Crippen LogP contribution in [0.4, 0.5) is 5.69 Å². The van der Waals surface area contributed by atoms with Crippen LogP contribution in [-0.4, -0.2) is 49.0 Å². The molecule has 2 amide bonds. The van der Waals surface area contributed by atoms with Gasteiger partial charge in [-0.1, -0.05) is 18.2 Å². The summed E-state index contributed by atoms with van der Waals surface area (Å²) in [5.41, 5.74) is 3.82. The first-order valence-corrected chi connectivity index (χ1v) is 11.8. The molecule has 0 fully saturated rings. The first kappa shape index (κ1) is 24.7. The Kier molecular flexibility index (Phi) is 7.49. The zero-order chi connectivity index (χ0) is 25.7. The van der Waals surface area contributed by atoms with E-state index in [1.54, 1.807) is 49.5 Å². The van der Waals surface area contributed by atoms with Crippen molar-refractivity contribution >= 4 is 28.4 Å². The van der Waals surface area contributed by atoms with Crippen LogP contribution < -0.4 is 14.8 Å². The number of rotatable bonds is 8. The summed E-state index contributed by atoms with van der Waals surface area (Å²) in [7, 11) is 3.16. The molecule has 184 valence electrons. The minimum atomic E-state index is -0.266. The largest absolute Gasteiger partial charge is 0.493 e. The molecular weight excluding hydrogens is 454 g/mol. The van der Waals surface area contributed by atoms with Gasteiger partial charge in [-0.3, -0.25) is 9.59 Å². The fourth-order valence-electron chi connectivity index (χ4n) is 4.09. The average molecular weight is 484 g/mol. The SMILES string of the molecule is CCN(CC)C(=O)c1ccc(NC(=O)c2cc(-c3ccc(OC)c(OC)c3)nc3ccccc23)cc1. The van der Waals surface area contributed by atoms with Gasteiger partial charge in [0.15, 0.2) is 11.5 Å². The molecule has 1 N–H and O–H groups in total. The number of ether oxygens (including phenoxy) is 2. The smallest absolute Gasteiger partial charge is 0.256 e. The van der Waals surface area contributed by atoms with Gasteiger partial charge in [-0.2, -0.15) is 0 Å². The Bertz CT molecular complexity index is 1400. The van der Waals surface area contributed by atoms with Crippen LogP contribution >= 0.6 is 0 Å². The zero-order valence-electron chi connectivity index (χ0n) is 20.9. The maximum absolute atomic E-state index is 13.4. The summed E-state index contributed by atoms with van der Waals surface area (Å²) in [6.07, 6.45) is 0. The number of carbonyl (C=O) groups excluding carboxylic acids is 2. The highest BCUT2D eigenvalue weighted by Crippen LogP contribution is 2.33. The molecule has 7 nitrogen and oxygen atoms in total. The number of pyridine rings is 1. The molecule has 0 saturated carbocycles.